The van der Waals surface area contributed by atoms with Crippen molar-refractivity contribution in [3.63, 3.8) is 0 Å². The van der Waals surface area contributed by atoms with Crippen molar-refractivity contribution in [3.05, 3.63) is 42.4 Å². The Labute approximate surface area is 166 Å². The van der Waals surface area contributed by atoms with E-state index in [9.17, 15) is 4.79 Å². The molecule has 0 spiro atoms. The van der Waals surface area contributed by atoms with E-state index < -0.39 is 5.41 Å². The Morgan fingerprint density at radius 1 is 1.21 bits per heavy atom. The second-order valence-corrected chi connectivity index (χ2v) is 7.18. The van der Waals surface area contributed by atoms with Gasteiger partial charge in [0.1, 0.15) is 17.1 Å². The first kappa shape index (κ1) is 17.4. The van der Waals surface area contributed by atoms with Crippen molar-refractivity contribution in [1.29, 1.82) is 0 Å². The van der Waals surface area contributed by atoms with Crippen LogP contribution in [0, 0.1) is 0 Å². The Hall–Kier alpha value is -3.68. The largest absolute Gasteiger partial charge is 0.497 e. The monoisotopic (exact) mass is 389 g/mol. The molecule has 3 heterocycles. The molecule has 1 saturated carbocycles. The van der Waals surface area contributed by atoms with Gasteiger partial charge in [-0.15, -0.1) is 0 Å². The molecule has 8 nitrogen and oxygen atoms in total. The lowest BCUT2D eigenvalue weighted by atomic mass is 9.98. The molecule has 0 bridgehead atoms. The average Bonchev–Trinajstić information content (AvgIpc) is 3.46. The van der Waals surface area contributed by atoms with Gasteiger partial charge in [0.05, 0.1) is 23.8 Å². The van der Waals surface area contributed by atoms with Crippen molar-refractivity contribution >= 4 is 33.6 Å². The fraction of sp³-hybridized carbons (Fsp3) is 0.238. The third kappa shape index (κ3) is 2.60. The minimum absolute atomic E-state index is 0.345. The molecule has 29 heavy (non-hydrogen) atoms. The predicted octanol–water partition coefficient (Wildman–Crippen LogP) is 3.01. The first-order chi connectivity index (χ1) is 14.1. The normalized spacial score (nSPS) is 14.8. The molecule has 1 fully saturated rings. The SMILES string of the molecule is CNc1ncc(-c2nc3cc(OC)ccc3o2)c2cc(C3(C(N)=O)CC3)ncc12. The molecule has 1 amide bonds. The number of primary amides is 1. The second-order valence-electron chi connectivity index (χ2n) is 7.18. The fourth-order valence-electron chi connectivity index (χ4n) is 3.67. The van der Waals surface area contributed by atoms with Gasteiger partial charge < -0.3 is 20.2 Å². The van der Waals surface area contributed by atoms with Crippen molar-refractivity contribution in [2.45, 2.75) is 18.3 Å². The zero-order chi connectivity index (χ0) is 20.2. The van der Waals surface area contributed by atoms with Gasteiger partial charge in [0.15, 0.2) is 5.58 Å². The number of amides is 1. The summed E-state index contributed by atoms with van der Waals surface area (Å²) in [4.78, 5) is 25.6. The Morgan fingerprint density at radius 3 is 2.72 bits per heavy atom. The number of pyridine rings is 2. The van der Waals surface area contributed by atoms with Gasteiger partial charge in [0, 0.05) is 36.3 Å². The van der Waals surface area contributed by atoms with Gasteiger partial charge in [-0.1, -0.05) is 0 Å². The first-order valence-corrected chi connectivity index (χ1v) is 9.27. The van der Waals surface area contributed by atoms with E-state index in [1.165, 1.54) is 0 Å². The van der Waals surface area contributed by atoms with Gasteiger partial charge in [-0.3, -0.25) is 9.78 Å². The van der Waals surface area contributed by atoms with Crippen LogP contribution in [0.15, 0.2) is 41.1 Å². The minimum Gasteiger partial charge on any atom is -0.497 e. The van der Waals surface area contributed by atoms with Crippen LogP contribution in [0.4, 0.5) is 5.82 Å². The molecule has 5 rings (SSSR count). The van der Waals surface area contributed by atoms with E-state index in [-0.39, 0.29) is 5.91 Å². The van der Waals surface area contributed by atoms with Crippen molar-refractivity contribution in [3.8, 4) is 17.2 Å². The Bertz CT molecular complexity index is 1280. The summed E-state index contributed by atoms with van der Waals surface area (Å²) in [7, 11) is 3.41. The maximum atomic E-state index is 12.0. The molecular weight excluding hydrogens is 370 g/mol. The molecule has 0 aliphatic heterocycles. The summed E-state index contributed by atoms with van der Waals surface area (Å²) in [5.41, 5.74) is 7.70. The highest BCUT2D eigenvalue weighted by Gasteiger charge is 2.51. The van der Waals surface area contributed by atoms with Crippen LogP contribution in [0.3, 0.4) is 0 Å². The summed E-state index contributed by atoms with van der Waals surface area (Å²) < 4.78 is 11.3. The second kappa shape index (κ2) is 6.16. The van der Waals surface area contributed by atoms with Crippen LogP contribution in [0.5, 0.6) is 5.75 Å². The number of ether oxygens (including phenoxy) is 1. The number of carbonyl (C=O) groups is 1. The lowest BCUT2D eigenvalue weighted by Crippen LogP contribution is -2.29. The molecule has 4 aromatic rings. The Morgan fingerprint density at radius 2 is 2.03 bits per heavy atom. The van der Waals surface area contributed by atoms with Crippen molar-refractivity contribution in [2.24, 2.45) is 5.73 Å². The number of nitrogens with one attached hydrogen (secondary N) is 1. The molecule has 146 valence electrons. The van der Waals surface area contributed by atoms with E-state index in [4.69, 9.17) is 14.9 Å². The summed E-state index contributed by atoms with van der Waals surface area (Å²) in [6.45, 7) is 0. The molecular formula is C21H19N5O3. The van der Waals surface area contributed by atoms with Gasteiger partial charge in [0.2, 0.25) is 11.8 Å². The van der Waals surface area contributed by atoms with E-state index in [1.807, 2.05) is 24.3 Å². The number of methoxy groups -OCH3 is 1. The molecule has 1 aromatic carbocycles. The molecule has 1 aliphatic carbocycles. The van der Waals surface area contributed by atoms with Crippen molar-refractivity contribution < 1.29 is 13.9 Å². The Balaban J connectivity index is 1.74. The summed E-state index contributed by atoms with van der Waals surface area (Å²) in [5, 5.41) is 4.74. The number of oxazole rings is 1. The van der Waals surface area contributed by atoms with Crippen molar-refractivity contribution in [2.75, 3.05) is 19.5 Å². The van der Waals surface area contributed by atoms with Crippen LogP contribution in [-0.4, -0.2) is 35.0 Å². The lowest BCUT2D eigenvalue weighted by Gasteiger charge is -2.13. The zero-order valence-electron chi connectivity index (χ0n) is 16.0. The summed E-state index contributed by atoms with van der Waals surface area (Å²) in [6, 6.07) is 7.37. The lowest BCUT2D eigenvalue weighted by molar-refractivity contribution is -0.120. The minimum atomic E-state index is -0.677. The smallest absolute Gasteiger partial charge is 0.229 e. The van der Waals surface area contributed by atoms with E-state index in [0.29, 0.717) is 47.1 Å². The quantitative estimate of drug-likeness (QED) is 0.539. The number of carbonyl (C=O) groups excluding carboxylic acids is 1. The predicted molar refractivity (Wildman–Crippen MR) is 109 cm³/mol. The fourth-order valence-corrected chi connectivity index (χ4v) is 3.67. The summed E-state index contributed by atoms with van der Waals surface area (Å²) in [5.74, 6) is 1.48. The average molecular weight is 389 g/mol. The van der Waals surface area contributed by atoms with Crippen LogP contribution >= 0.6 is 0 Å². The highest BCUT2D eigenvalue weighted by Crippen LogP contribution is 2.48. The third-order valence-corrected chi connectivity index (χ3v) is 5.55. The van der Waals surface area contributed by atoms with Gasteiger partial charge in [-0.05, 0) is 31.0 Å². The number of nitrogens with two attached hydrogens (primary N) is 1. The highest BCUT2D eigenvalue weighted by molar-refractivity contribution is 6.01. The van der Waals surface area contributed by atoms with Gasteiger partial charge >= 0.3 is 0 Å². The van der Waals surface area contributed by atoms with Gasteiger partial charge in [0.25, 0.3) is 0 Å². The summed E-state index contributed by atoms with van der Waals surface area (Å²) in [6.07, 6.45) is 4.86. The van der Waals surface area contributed by atoms with E-state index in [2.05, 4.69) is 20.3 Å². The number of anilines is 1. The van der Waals surface area contributed by atoms with Gasteiger partial charge in [-0.25, -0.2) is 9.97 Å². The number of fused-ring (bicyclic) bond motifs is 2. The van der Waals surface area contributed by atoms with E-state index in [1.54, 1.807) is 26.6 Å². The molecule has 3 N–H and O–H groups in total. The number of hydrogen-bond acceptors (Lipinski definition) is 7. The maximum Gasteiger partial charge on any atom is 0.229 e. The molecule has 0 saturated heterocycles. The summed E-state index contributed by atoms with van der Waals surface area (Å²) >= 11 is 0. The standard InChI is InChI=1S/C21H19N5O3/c1-23-18-13-9-24-17(21(5-6-21)20(22)27)8-12(13)14(10-25-18)19-26-15-7-11(28-2)3-4-16(15)29-19/h3-4,7-10H,5-6H2,1-2H3,(H2,22,27)(H,23,25). The van der Waals surface area contributed by atoms with Crippen molar-refractivity contribution in [1.82, 2.24) is 15.0 Å². The number of nitrogens with zero attached hydrogens (tertiary/aromatic N) is 3. The Kier molecular flexibility index (Phi) is 3.70. The van der Waals surface area contributed by atoms with E-state index in [0.717, 1.165) is 16.3 Å². The van der Waals surface area contributed by atoms with Crippen LogP contribution < -0.4 is 15.8 Å². The molecule has 0 atom stereocenters. The van der Waals surface area contributed by atoms with Crippen LogP contribution in [0.2, 0.25) is 0 Å². The van der Waals surface area contributed by atoms with Crippen LogP contribution in [0.25, 0.3) is 33.3 Å². The molecule has 8 heteroatoms. The van der Waals surface area contributed by atoms with Crippen LogP contribution in [0.1, 0.15) is 18.5 Å². The number of aromatic nitrogens is 3. The van der Waals surface area contributed by atoms with Crippen LogP contribution in [-0.2, 0) is 10.2 Å². The number of hydrogen-bond donors (Lipinski definition) is 2. The zero-order valence-corrected chi connectivity index (χ0v) is 16.0. The number of benzene rings is 1. The highest BCUT2D eigenvalue weighted by atomic mass is 16.5. The molecule has 0 radical (unpaired) electrons. The number of rotatable bonds is 5. The molecule has 3 aromatic heterocycles. The topological polar surface area (TPSA) is 116 Å². The first-order valence-electron chi connectivity index (χ1n) is 9.27. The van der Waals surface area contributed by atoms with Gasteiger partial charge in [-0.2, -0.15) is 0 Å². The van der Waals surface area contributed by atoms with E-state index >= 15 is 0 Å². The third-order valence-electron chi connectivity index (χ3n) is 5.55. The molecule has 0 unspecified atom stereocenters. The maximum absolute atomic E-state index is 12.0. The molecule has 1 aliphatic rings.